The van der Waals surface area contributed by atoms with Crippen molar-refractivity contribution in [3.05, 3.63) is 23.0 Å². The maximum atomic E-state index is 12.5. The molecule has 1 aliphatic rings. The lowest BCUT2D eigenvalue weighted by molar-refractivity contribution is -0.137. The molecule has 110 valence electrons. The minimum absolute atomic E-state index is 0.337. The first-order chi connectivity index (χ1) is 9.97. The summed E-state index contributed by atoms with van der Waals surface area (Å²) in [6.45, 7) is 1.38. The van der Waals surface area contributed by atoms with E-state index in [2.05, 4.69) is 10.1 Å². The molecule has 1 saturated carbocycles. The van der Waals surface area contributed by atoms with E-state index < -0.39 is 5.97 Å². The summed E-state index contributed by atoms with van der Waals surface area (Å²) < 4.78 is 5.17. The van der Waals surface area contributed by atoms with Crippen LogP contribution in [0.1, 0.15) is 40.5 Å². The highest BCUT2D eigenvalue weighted by molar-refractivity contribution is 6.06. The number of likely N-dealkylation sites (N-methyl/N-ethyl adjacent to an activating group) is 1. The summed E-state index contributed by atoms with van der Waals surface area (Å²) in [7, 11) is 1.46. The molecule has 0 atom stereocenters. The van der Waals surface area contributed by atoms with Crippen molar-refractivity contribution in [3.63, 3.8) is 0 Å². The molecule has 1 aliphatic carbocycles. The Balaban J connectivity index is 2.08. The van der Waals surface area contributed by atoms with Gasteiger partial charge in [0.1, 0.15) is 6.54 Å². The molecule has 7 nitrogen and oxygen atoms in total. The van der Waals surface area contributed by atoms with Crippen molar-refractivity contribution in [2.75, 3.05) is 13.6 Å². The number of fused-ring (bicyclic) bond motifs is 1. The molecule has 0 unspecified atom stereocenters. The number of hydrogen-bond acceptors (Lipinski definition) is 5. The predicted molar refractivity (Wildman–Crippen MR) is 73.1 cm³/mol. The van der Waals surface area contributed by atoms with E-state index in [0.29, 0.717) is 28.3 Å². The number of pyridine rings is 1. The van der Waals surface area contributed by atoms with Gasteiger partial charge in [-0.25, -0.2) is 4.98 Å². The quantitative estimate of drug-likeness (QED) is 0.917. The number of carboxylic acids is 1. The molecule has 0 aliphatic heterocycles. The van der Waals surface area contributed by atoms with E-state index in [9.17, 15) is 9.59 Å². The van der Waals surface area contributed by atoms with Gasteiger partial charge in [-0.15, -0.1) is 0 Å². The number of nitrogens with zero attached hydrogens (tertiary/aromatic N) is 3. The Morgan fingerprint density at radius 1 is 1.48 bits per heavy atom. The summed E-state index contributed by atoms with van der Waals surface area (Å²) in [5.74, 6) is -1.06. The zero-order valence-corrected chi connectivity index (χ0v) is 11.8. The fraction of sp³-hybridized carbons (Fsp3) is 0.429. The third-order valence-electron chi connectivity index (χ3n) is 3.58. The van der Waals surface area contributed by atoms with E-state index in [4.69, 9.17) is 9.63 Å². The Bertz CT molecular complexity index is 733. The second-order valence-corrected chi connectivity index (χ2v) is 5.37. The van der Waals surface area contributed by atoms with Gasteiger partial charge in [-0.2, -0.15) is 0 Å². The molecule has 2 aromatic heterocycles. The highest BCUT2D eigenvalue weighted by Crippen LogP contribution is 2.40. The Labute approximate surface area is 120 Å². The number of rotatable bonds is 4. The molecule has 0 radical (unpaired) electrons. The molecule has 2 heterocycles. The number of amides is 1. The number of aryl methyl sites for hydroxylation is 1. The van der Waals surface area contributed by atoms with Crippen LogP contribution >= 0.6 is 0 Å². The predicted octanol–water partition coefficient (Wildman–Crippen LogP) is 1.57. The fourth-order valence-electron chi connectivity index (χ4n) is 2.35. The van der Waals surface area contributed by atoms with Crippen molar-refractivity contribution < 1.29 is 19.2 Å². The zero-order chi connectivity index (χ0) is 15.1. The number of aliphatic carboxylic acids is 1. The van der Waals surface area contributed by atoms with Crippen molar-refractivity contribution >= 4 is 23.0 Å². The highest BCUT2D eigenvalue weighted by Gasteiger charge is 2.29. The first kappa shape index (κ1) is 13.5. The minimum atomic E-state index is -1.05. The van der Waals surface area contributed by atoms with Crippen LogP contribution in [0.4, 0.5) is 0 Å². The summed E-state index contributed by atoms with van der Waals surface area (Å²) >= 11 is 0. The van der Waals surface area contributed by atoms with E-state index in [1.165, 1.54) is 11.9 Å². The second-order valence-electron chi connectivity index (χ2n) is 5.37. The van der Waals surface area contributed by atoms with E-state index in [1.807, 2.05) is 0 Å². The molecule has 0 saturated heterocycles. The molecule has 1 amide bonds. The first-order valence-electron chi connectivity index (χ1n) is 6.71. The lowest BCUT2D eigenvalue weighted by Gasteiger charge is -2.15. The molecular formula is C14H15N3O4. The van der Waals surface area contributed by atoms with Crippen molar-refractivity contribution in [2.45, 2.75) is 25.7 Å². The number of carbonyl (C=O) groups is 2. The number of carboxylic acid groups (broad SMARTS) is 1. The van der Waals surface area contributed by atoms with Gasteiger partial charge >= 0.3 is 5.97 Å². The van der Waals surface area contributed by atoms with Crippen LogP contribution in [0.15, 0.2) is 10.6 Å². The normalized spacial score (nSPS) is 14.4. The van der Waals surface area contributed by atoms with Gasteiger partial charge in [0.25, 0.3) is 11.6 Å². The number of hydrogen-bond donors (Lipinski definition) is 1. The standard InChI is InChI=1S/C14H15N3O4/c1-7-12-9(14(20)17(2)6-11(18)19)5-10(8-3-4-8)15-13(12)21-16-7/h5,8H,3-4,6H2,1-2H3,(H,18,19). The van der Waals surface area contributed by atoms with Crippen molar-refractivity contribution in [3.8, 4) is 0 Å². The van der Waals surface area contributed by atoms with Gasteiger partial charge in [0.2, 0.25) is 0 Å². The SMILES string of the molecule is Cc1noc2nc(C3CC3)cc(C(=O)N(C)CC(=O)O)c12. The van der Waals surface area contributed by atoms with E-state index in [-0.39, 0.29) is 12.5 Å². The average molecular weight is 289 g/mol. The topological polar surface area (TPSA) is 96.5 Å². The van der Waals surface area contributed by atoms with Crippen molar-refractivity contribution in [1.29, 1.82) is 0 Å². The molecule has 21 heavy (non-hydrogen) atoms. The van der Waals surface area contributed by atoms with Gasteiger partial charge in [0, 0.05) is 18.7 Å². The number of aromatic nitrogens is 2. The Kier molecular flexibility index (Phi) is 3.12. The van der Waals surface area contributed by atoms with E-state index >= 15 is 0 Å². The molecule has 1 fully saturated rings. The average Bonchev–Trinajstić information content (AvgIpc) is 3.21. The van der Waals surface area contributed by atoms with E-state index in [1.54, 1.807) is 13.0 Å². The molecule has 2 aromatic rings. The molecule has 0 aromatic carbocycles. The lowest BCUT2D eigenvalue weighted by Crippen LogP contribution is -2.32. The molecule has 0 spiro atoms. The van der Waals surface area contributed by atoms with Gasteiger partial charge in [-0.05, 0) is 25.8 Å². The van der Waals surface area contributed by atoms with Crippen LogP contribution in [0.2, 0.25) is 0 Å². The smallest absolute Gasteiger partial charge is 0.323 e. The van der Waals surface area contributed by atoms with Crippen LogP contribution in [0.5, 0.6) is 0 Å². The summed E-state index contributed by atoms with van der Waals surface area (Å²) in [5, 5.41) is 13.2. The van der Waals surface area contributed by atoms with Gasteiger partial charge in [0.05, 0.1) is 16.6 Å². The van der Waals surface area contributed by atoms with Gasteiger partial charge in [0.15, 0.2) is 0 Å². The monoisotopic (exact) mass is 289 g/mol. The molecule has 1 N–H and O–H groups in total. The van der Waals surface area contributed by atoms with Crippen molar-refractivity contribution in [2.24, 2.45) is 0 Å². The Hall–Kier alpha value is -2.44. The van der Waals surface area contributed by atoms with Gasteiger partial charge < -0.3 is 14.5 Å². The van der Waals surface area contributed by atoms with Crippen LogP contribution < -0.4 is 0 Å². The maximum absolute atomic E-state index is 12.5. The number of carbonyl (C=O) groups excluding carboxylic acids is 1. The van der Waals surface area contributed by atoms with Gasteiger partial charge in [-0.3, -0.25) is 9.59 Å². The van der Waals surface area contributed by atoms with Crippen LogP contribution in [0.3, 0.4) is 0 Å². The summed E-state index contributed by atoms with van der Waals surface area (Å²) in [6, 6.07) is 1.74. The van der Waals surface area contributed by atoms with Gasteiger partial charge in [-0.1, -0.05) is 5.16 Å². The summed E-state index contributed by atoms with van der Waals surface area (Å²) in [6.07, 6.45) is 2.09. The highest BCUT2D eigenvalue weighted by atomic mass is 16.5. The van der Waals surface area contributed by atoms with E-state index in [0.717, 1.165) is 18.5 Å². The lowest BCUT2D eigenvalue weighted by atomic mass is 10.1. The zero-order valence-electron chi connectivity index (χ0n) is 11.8. The maximum Gasteiger partial charge on any atom is 0.323 e. The first-order valence-corrected chi connectivity index (χ1v) is 6.71. The Morgan fingerprint density at radius 3 is 2.81 bits per heavy atom. The minimum Gasteiger partial charge on any atom is -0.480 e. The molecule has 7 heteroatoms. The second kappa shape index (κ2) is 4.83. The largest absolute Gasteiger partial charge is 0.480 e. The Morgan fingerprint density at radius 2 is 2.19 bits per heavy atom. The molecule has 3 rings (SSSR count). The fourth-order valence-corrected chi connectivity index (χ4v) is 2.35. The summed E-state index contributed by atoms with van der Waals surface area (Å²) in [5.41, 5.74) is 2.13. The van der Waals surface area contributed by atoms with Crippen LogP contribution in [-0.4, -0.2) is 45.6 Å². The van der Waals surface area contributed by atoms with Crippen molar-refractivity contribution in [1.82, 2.24) is 15.0 Å². The van der Waals surface area contributed by atoms with Crippen LogP contribution in [0, 0.1) is 6.92 Å². The van der Waals surface area contributed by atoms with Crippen LogP contribution in [-0.2, 0) is 4.79 Å². The third-order valence-corrected chi connectivity index (χ3v) is 3.58. The molecular weight excluding hydrogens is 274 g/mol. The summed E-state index contributed by atoms with van der Waals surface area (Å²) in [4.78, 5) is 28.9. The van der Waals surface area contributed by atoms with Crippen LogP contribution in [0.25, 0.3) is 11.1 Å². The molecule has 0 bridgehead atoms. The third kappa shape index (κ3) is 2.46.